The maximum atomic E-state index is 13.1. The summed E-state index contributed by atoms with van der Waals surface area (Å²) in [6.45, 7) is 2.27. The Labute approximate surface area is 216 Å². The molecule has 34 heavy (non-hydrogen) atoms. The van der Waals surface area contributed by atoms with E-state index in [2.05, 4.69) is 27.6 Å². The summed E-state index contributed by atoms with van der Waals surface area (Å²) in [5.41, 5.74) is 3.58. The van der Waals surface area contributed by atoms with Crippen molar-refractivity contribution in [3.05, 3.63) is 102 Å². The van der Waals surface area contributed by atoms with Crippen molar-refractivity contribution in [1.29, 1.82) is 0 Å². The van der Waals surface area contributed by atoms with Gasteiger partial charge >= 0.3 is 0 Å². The summed E-state index contributed by atoms with van der Waals surface area (Å²) in [6.07, 6.45) is 1.67. The molecular formula is C26H23ClIN3O3. The third-order valence-corrected chi connectivity index (χ3v) is 6.47. The first-order chi connectivity index (χ1) is 16.4. The fourth-order valence-electron chi connectivity index (χ4n) is 3.53. The first-order valence-electron chi connectivity index (χ1n) is 10.5. The Hall–Kier alpha value is -3.04. The van der Waals surface area contributed by atoms with Gasteiger partial charge in [-0.2, -0.15) is 0 Å². The highest BCUT2D eigenvalue weighted by Gasteiger charge is 2.16. The van der Waals surface area contributed by atoms with Gasteiger partial charge < -0.3 is 9.47 Å². The van der Waals surface area contributed by atoms with Crippen LogP contribution in [0.2, 0.25) is 5.02 Å². The number of methoxy groups -OCH3 is 1. The van der Waals surface area contributed by atoms with E-state index < -0.39 is 0 Å². The summed E-state index contributed by atoms with van der Waals surface area (Å²) in [7, 11) is 3.45. The third kappa shape index (κ3) is 5.05. The number of hydrogen-bond donors (Lipinski definition) is 0. The number of para-hydroxylation sites is 1. The fourth-order valence-corrected chi connectivity index (χ4v) is 4.44. The van der Waals surface area contributed by atoms with Crippen LogP contribution < -0.4 is 15.0 Å². The highest BCUT2D eigenvalue weighted by Crippen LogP contribution is 2.34. The second kappa shape index (κ2) is 10.5. The van der Waals surface area contributed by atoms with Gasteiger partial charge in [-0.1, -0.05) is 41.9 Å². The van der Waals surface area contributed by atoms with Gasteiger partial charge in [0.15, 0.2) is 17.2 Å². The number of halogens is 2. The van der Waals surface area contributed by atoms with Crippen LogP contribution >= 0.6 is 34.2 Å². The number of hydrogen-bond acceptors (Lipinski definition) is 4. The highest BCUT2D eigenvalue weighted by atomic mass is 127. The summed E-state index contributed by atoms with van der Waals surface area (Å²) in [6, 6.07) is 20.8. The average molecular weight is 588 g/mol. The number of ether oxygens (including phenoxy) is 2. The van der Waals surface area contributed by atoms with Gasteiger partial charge in [-0.3, -0.25) is 9.48 Å². The summed E-state index contributed by atoms with van der Waals surface area (Å²) in [5, 5.41) is 0.684. The first kappa shape index (κ1) is 24.1. The smallest absolute Gasteiger partial charge is 0.297 e. The van der Waals surface area contributed by atoms with Gasteiger partial charge in [0, 0.05) is 18.3 Å². The van der Waals surface area contributed by atoms with Crippen molar-refractivity contribution in [3.63, 3.8) is 0 Å². The molecule has 174 valence electrons. The number of nitrogens with zero attached hydrogens (tertiary/aromatic N) is 3. The molecular weight excluding hydrogens is 565 g/mol. The van der Waals surface area contributed by atoms with Crippen molar-refractivity contribution in [2.24, 2.45) is 12.0 Å². The molecule has 0 N–H and O–H groups in total. The molecule has 0 aliphatic heterocycles. The van der Waals surface area contributed by atoms with E-state index in [4.69, 9.17) is 21.1 Å². The number of aromatic nitrogens is 2. The number of rotatable bonds is 7. The minimum atomic E-state index is -0.174. The molecule has 0 amide bonds. The second-order valence-corrected chi connectivity index (χ2v) is 9.22. The summed E-state index contributed by atoms with van der Waals surface area (Å²) >= 11 is 8.17. The SMILES string of the molecule is COc1cc(C=Nc2c(C)n(C)n(-c3ccccc3)c2=O)cc(I)c1OCc1ccc(Cl)cc1. The van der Waals surface area contributed by atoms with Gasteiger partial charge in [-0.05, 0) is 77.0 Å². The van der Waals surface area contributed by atoms with E-state index in [0.29, 0.717) is 28.8 Å². The van der Waals surface area contributed by atoms with Crippen LogP contribution in [0.1, 0.15) is 16.8 Å². The minimum Gasteiger partial charge on any atom is -0.493 e. The van der Waals surface area contributed by atoms with Gasteiger partial charge in [0.1, 0.15) is 6.61 Å². The molecule has 0 aliphatic carbocycles. The zero-order valence-corrected chi connectivity index (χ0v) is 21.9. The van der Waals surface area contributed by atoms with Crippen LogP contribution in [0.15, 0.2) is 76.5 Å². The maximum absolute atomic E-state index is 13.1. The Morgan fingerprint density at radius 2 is 1.79 bits per heavy atom. The van der Waals surface area contributed by atoms with Gasteiger partial charge in [-0.25, -0.2) is 9.67 Å². The Morgan fingerprint density at radius 1 is 1.09 bits per heavy atom. The second-order valence-electron chi connectivity index (χ2n) is 7.62. The van der Waals surface area contributed by atoms with Crippen LogP contribution in [-0.2, 0) is 13.7 Å². The van der Waals surface area contributed by atoms with Gasteiger partial charge in [-0.15, -0.1) is 0 Å². The van der Waals surface area contributed by atoms with Crippen molar-refractivity contribution in [2.75, 3.05) is 7.11 Å². The molecule has 0 radical (unpaired) electrons. The molecule has 4 aromatic rings. The molecule has 8 heteroatoms. The standard InChI is InChI=1S/C26H23ClIN3O3/c1-17-24(26(32)31(30(17)2)21-7-5-4-6-8-21)29-15-19-13-22(28)25(23(14-19)33-3)34-16-18-9-11-20(27)12-10-18/h4-15H,16H2,1-3H3. The van der Waals surface area contributed by atoms with E-state index >= 15 is 0 Å². The molecule has 0 saturated heterocycles. The quantitative estimate of drug-likeness (QED) is 0.195. The van der Waals surface area contributed by atoms with Crippen molar-refractivity contribution < 1.29 is 9.47 Å². The summed E-state index contributed by atoms with van der Waals surface area (Å²) < 4.78 is 15.9. The molecule has 0 aliphatic rings. The lowest BCUT2D eigenvalue weighted by molar-refractivity contribution is 0.282. The van der Waals surface area contributed by atoms with Crippen LogP contribution in [0.3, 0.4) is 0 Å². The largest absolute Gasteiger partial charge is 0.493 e. The zero-order valence-electron chi connectivity index (χ0n) is 19.0. The first-order valence-corrected chi connectivity index (χ1v) is 12.0. The summed E-state index contributed by atoms with van der Waals surface area (Å²) in [4.78, 5) is 17.6. The zero-order chi connectivity index (χ0) is 24.2. The van der Waals surface area contributed by atoms with Crippen LogP contribution in [-0.4, -0.2) is 22.7 Å². The Balaban J connectivity index is 1.61. The third-order valence-electron chi connectivity index (χ3n) is 5.41. The lowest BCUT2D eigenvalue weighted by atomic mass is 10.2. The van der Waals surface area contributed by atoms with Crippen molar-refractivity contribution >= 4 is 46.1 Å². The monoisotopic (exact) mass is 587 g/mol. The van der Waals surface area contributed by atoms with E-state index in [9.17, 15) is 4.79 Å². The van der Waals surface area contributed by atoms with Crippen molar-refractivity contribution in [3.8, 4) is 17.2 Å². The normalized spacial score (nSPS) is 11.2. The molecule has 3 aromatic carbocycles. The fraction of sp³-hybridized carbons (Fsp3) is 0.154. The van der Waals surface area contributed by atoms with Gasteiger partial charge in [0.05, 0.1) is 22.1 Å². The van der Waals surface area contributed by atoms with Crippen molar-refractivity contribution in [2.45, 2.75) is 13.5 Å². The Kier molecular flexibility index (Phi) is 7.43. The Bertz CT molecular complexity index is 1390. The maximum Gasteiger partial charge on any atom is 0.297 e. The van der Waals surface area contributed by atoms with Crippen LogP contribution in [0, 0.1) is 10.5 Å². The number of aliphatic imine (C=N–C) groups is 1. The molecule has 0 bridgehead atoms. The van der Waals surface area contributed by atoms with Crippen LogP contribution in [0.4, 0.5) is 5.69 Å². The van der Waals surface area contributed by atoms with Crippen LogP contribution in [0.5, 0.6) is 11.5 Å². The molecule has 0 fully saturated rings. The van der Waals surface area contributed by atoms with E-state index in [1.165, 1.54) is 0 Å². The predicted octanol–water partition coefficient (Wildman–Crippen LogP) is 6.08. The molecule has 1 aromatic heterocycles. The van der Waals surface area contributed by atoms with E-state index in [-0.39, 0.29) is 5.56 Å². The topological polar surface area (TPSA) is 57.8 Å². The summed E-state index contributed by atoms with van der Waals surface area (Å²) in [5.74, 6) is 1.24. The molecule has 4 rings (SSSR count). The van der Waals surface area contributed by atoms with E-state index in [0.717, 1.165) is 26.1 Å². The Morgan fingerprint density at radius 3 is 2.47 bits per heavy atom. The molecule has 0 saturated carbocycles. The predicted molar refractivity (Wildman–Crippen MR) is 144 cm³/mol. The molecule has 6 nitrogen and oxygen atoms in total. The number of benzene rings is 3. The average Bonchev–Trinajstić information content (AvgIpc) is 3.05. The van der Waals surface area contributed by atoms with Gasteiger partial charge in [0.2, 0.25) is 0 Å². The molecule has 0 spiro atoms. The lowest BCUT2D eigenvalue weighted by Crippen LogP contribution is -2.19. The molecule has 0 atom stereocenters. The van der Waals surface area contributed by atoms with E-state index in [1.807, 2.05) is 85.4 Å². The van der Waals surface area contributed by atoms with Crippen LogP contribution in [0.25, 0.3) is 5.69 Å². The lowest BCUT2D eigenvalue weighted by Gasteiger charge is -2.13. The van der Waals surface area contributed by atoms with Crippen molar-refractivity contribution in [1.82, 2.24) is 9.36 Å². The highest BCUT2D eigenvalue weighted by molar-refractivity contribution is 14.1. The minimum absolute atomic E-state index is 0.174. The van der Waals surface area contributed by atoms with Gasteiger partial charge in [0.25, 0.3) is 5.56 Å². The van der Waals surface area contributed by atoms with E-state index in [1.54, 1.807) is 18.0 Å². The molecule has 1 heterocycles. The molecule has 0 unspecified atom stereocenters.